The fourth-order valence-corrected chi connectivity index (χ4v) is 3.61. The monoisotopic (exact) mass is 344 g/mol. The molecule has 24 heavy (non-hydrogen) atoms. The standard InChI is InChI=1S/C16H12N2O5S/c1-8-5-12(9(2)24-8)14(19)7-17-15(20)11-4-3-10(18(22)23)6-13(11)16(17)21/h3-6H,7H2,1-2H3. The third-order valence-electron chi connectivity index (χ3n) is 3.81. The molecule has 2 heterocycles. The van der Waals surface area contributed by atoms with E-state index in [9.17, 15) is 24.5 Å². The minimum atomic E-state index is -0.684. The Morgan fingerprint density at radius 2 is 1.83 bits per heavy atom. The second-order valence-corrected chi connectivity index (χ2v) is 6.89. The van der Waals surface area contributed by atoms with Crippen molar-refractivity contribution in [1.29, 1.82) is 0 Å². The lowest BCUT2D eigenvalue weighted by Gasteiger charge is -2.12. The van der Waals surface area contributed by atoms with Crippen molar-refractivity contribution < 1.29 is 19.3 Å². The van der Waals surface area contributed by atoms with Gasteiger partial charge >= 0.3 is 0 Å². The molecule has 122 valence electrons. The zero-order valence-electron chi connectivity index (χ0n) is 12.9. The second-order valence-electron chi connectivity index (χ2n) is 5.43. The summed E-state index contributed by atoms with van der Waals surface area (Å²) in [6, 6.07) is 5.21. The quantitative estimate of drug-likeness (QED) is 0.368. The maximum atomic E-state index is 12.4. The average molecular weight is 344 g/mol. The molecule has 0 saturated heterocycles. The Balaban J connectivity index is 1.89. The number of nitrogens with zero attached hydrogens (tertiary/aromatic N) is 2. The highest BCUT2D eigenvalue weighted by atomic mass is 32.1. The molecule has 0 bridgehead atoms. The second kappa shape index (κ2) is 5.64. The van der Waals surface area contributed by atoms with Gasteiger partial charge in [-0.1, -0.05) is 0 Å². The lowest BCUT2D eigenvalue weighted by atomic mass is 10.1. The summed E-state index contributed by atoms with van der Waals surface area (Å²) in [4.78, 5) is 49.9. The highest BCUT2D eigenvalue weighted by molar-refractivity contribution is 7.12. The maximum absolute atomic E-state index is 12.4. The number of nitro benzene ring substituents is 1. The van der Waals surface area contributed by atoms with Crippen molar-refractivity contribution >= 4 is 34.6 Å². The molecule has 0 saturated carbocycles. The number of benzene rings is 1. The largest absolute Gasteiger partial charge is 0.292 e. The number of Topliss-reactive ketones (excluding diaryl/α,β-unsaturated/α-hetero) is 1. The molecule has 0 spiro atoms. The van der Waals surface area contributed by atoms with Gasteiger partial charge in [-0.15, -0.1) is 11.3 Å². The Morgan fingerprint density at radius 1 is 1.17 bits per heavy atom. The molecule has 0 N–H and O–H groups in total. The SMILES string of the molecule is Cc1cc(C(=O)CN2C(=O)c3ccc([N+](=O)[O-])cc3C2=O)c(C)s1. The number of aryl methyl sites for hydroxylation is 2. The summed E-state index contributed by atoms with van der Waals surface area (Å²) in [5.74, 6) is -1.62. The average Bonchev–Trinajstić information content (AvgIpc) is 2.99. The molecular formula is C16H12N2O5S. The Hall–Kier alpha value is -2.87. The predicted octanol–water partition coefficient (Wildman–Crippen LogP) is 2.75. The molecule has 2 amide bonds. The smallest absolute Gasteiger partial charge is 0.270 e. The Labute approximate surface area is 140 Å². The molecule has 3 rings (SSSR count). The van der Waals surface area contributed by atoms with Gasteiger partial charge in [-0.05, 0) is 26.0 Å². The molecule has 0 fully saturated rings. The summed E-state index contributed by atoms with van der Waals surface area (Å²) in [5.41, 5.74) is 0.254. The molecule has 1 aromatic heterocycles. The van der Waals surface area contributed by atoms with Gasteiger partial charge in [0.15, 0.2) is 5.78 Å². The van der Waals surface area contributed by atoms with Crippen LogP contribution in [0, 0.1) is 24.0 Å². The van der Waals surface area contributed by atoms with Gasteiger partial charge in [0, 0.05) is 27.5 Å². The third-order valence-corrected chi connectivity index (χ3v) is 4.77. The summed E-state index contributed by atoms with van der Waals surface area (Å²) in [6.07, 6.45) is 0. The van der Waals surface area contributed by atoms with Gasteiger partial charge < -0.3 is 0 Å². The summed E-state index contributed by atoms with van der Waals surface area (Å²) < 4.78 is 0. The zero-order chi connectivity index (χ0) is 17.6. The van der Waals surface area contributed by atoms with E-state index in [0.29, 0.717) is 5.56 Å². The predicted molar refractivity (Wildman–Crippen MR) is 86.6 cm³/mol. The van der Waals surface area contributed by atoms with Gasteiger partial charge in [-0.25, -0.2) is 0 Å². The molecule has 1 aliphatic rings. The van der Waals surface area contributed by atoms with Crippen molar-refractivity contribution in [2.24, 2.45) is 0 Å². The first-order valence-corrected chi connectivity index (χ1v) is 7.86. The Kier molecular flexibility index (Phi) is 3.76. The van der Waals surface area contributed by atoms with E-state index in [1.54, 1.807) is 13.0 Å². The van der Waals surface area contributed by atoms with Gasteiger partial charge in [0.2, 0.25) is 0 Å². The van der Waals surface area contributed by atoms with Crippen molar-refractivity contribution in [3.8, 4) is 0 Å². The van der Waals surface area contributed by atoms with Gasteiger partial charge in [-0.3, -0.25) is 29.4 Å². The van der Waals surface area contributed by atoms with Gasteiger partial charge in [0.1, 0.15) is 0 Å². The first-order valence-electron chi connectivity index (χ1n) is 7.04. The first kappa shape index (κ1) is 16.0. The van der Waals surface area contributed by atoms with Crippen molar-refractivity contribution in [2.75, 3.05) is 6.54 Å². The number of carbonyl (C=O) groups excluding carboxylic acids is 3. The number of non-ortho nitro benzene ring substituents is 1. The van der Waals surface area contributed by atoms with Crippen LogP contribution in [0.5, 0.6) is 0 Å². The summed E-state index contributed by atoms with van der Waals surface area (Å²) >= 11 is 1.47. The number of nitro groups is 1. The van der Waals surface area contributed by atoms with Crippen LogP contribution in [0.15, 0.2) is 24.3 Å². The van der Waals surface area contributed by atoms with Gasteiger partial charge in [0.25, 0.3) is 17.5 Å². The number of hydrogen-bond acceptors (Lipinski definition) is 6. The number of hydrogen-bond donors (Lipinski definition) is 0. The zero-order valence-corrected chi connectivity index (χ0v) is 13.7. The lowest BCUT2D eigenvalue weighted by Crippen LogP contribution is -2.34. The van der Waals surface area contributed by atoms with Crippen LogP contribution >= 0.6 is 11.3 Å². The number of carbonyl (C=O) groups is 3. The van der Waals surface area contributed by atoms with E-state index < -0.39 is 16.7 Å². The van der Waals surface area contributed by atoms with Gasteiger partial charge in [0.05, 0.1) is 22.6 Å². The summed E-state index contributed by atoms with van der Waals surface area (Å²) in [5, 5.41) is 10.8. The number of amides is 2. The maximum Gasteiger partial charge on any atom is 0.270 e. The van der Waals surface area contributed by atoms with Crippen molar-refractivity contribution in [3.05, 3.63) is 60.8 Å². The molecular weight excluding hydrogens is 332 g/mol. The molecule has 7 nitrogen and oxygen atoms in total. The van der Waals surface area contributed by atoms with E-state index in [1.807, 2.05) is 6.92 Å². The lowest BCUT2D eigenvalue weighted by molar-refractivity contribution is -0.384. The van der Waals surface area contributed by atoms with E-state index in [0.717, 1.165) is 20.7 Å². The Morgan fingerprint density at radius 3 is 2.42 bits per heavy atom. The first-order chi connectivity index (χ1) is 11.3. The molecule has 1 aliphatic heterocycles. The minimum Gasteiger partial charge on any atom is -0.292 e. The molecule has 1 aromatic carbocycles. The normalized spacial score (nSPS) is 13.3. The molecule has 0 aliphatic carbocycles. The Bertz CT molecular complexity index is 915. The molecule has 0 unspecified atom stereocenters. The number of imide groups is 1. The van der Waals surface area contributed by atoms with Crippen LogP contribution in [0.3, 0.4) is 0 Å². The van der Waals surface area contributed by atoms with Crippen LogP contribution in [0.25, 0.3) is 0 Å². The third kappa shape index (κ3) is 2.50. The summed E-state index contributed by atoms with van der Waals surface area (Å²) in [7, 11) is 0. The van der Waals surface area contributed by atoms with E-state index in [4.69, 9.17) is 0 Å². The van der Waals surface area contributed by atoms with Crippen LogP contribution in [0.1, 0.15) is 40.8 Å². The summed E-state index contributed by atoms with van der Waals surface area (Å²) in [6.45, 7) is 3.30. The van der Waals surface area contributed by atoms with Crippen LogP contribution in [0.4, 0.5) is 5.69 Å². The van der Waals surface area contributed by atoms with E-state index in [1.165, 1.54) is 23.5 Å². The number of fused-ring (bicyclic) bond motifs is 1. The van der Waals surface area contributed by atoms with Crippen LogP contribution in [-0.4, -0.2) is 34.0 Å². The number of rotatable bonds is 4. The number of ketones is 1. The van der Waals surface area contributed by atoms with E-state index in [-0.39, 0.29) is 29.1 Å². The van der Waals surface area contributed by atoms with Crippen LogP contribution in [-0.2, 0) is 0 Å². The molecule has 2 aromatic rings. The fraction of sp³-hybridized carbons (Fsp3) is 0.188. The highest BCUT2D eigenvalue weighted by Gasteiger charge is 2.38. The van der Waals surface area contributed by atoms with E-state index >= 15 is 0 Å². The highest BCUT2D eigenvalue weighted by Crippen LogP contribution is 2.28. The molecule has 8 heteroatoms. The number of thiophene rings is 1. The van der Waals surface area contributed by atoms with Crippen LogP contribution in [0.2, 0.25) is 0 Å². The van der Waals surface area contributed by atoms with Gasteiger partial charge in [-0.2, -0.15) is 0 Å². The van der Waals surface area contributed by atoms with Crippen molar-refractivity contribution in [3.63, 3.8) is 0 Å². The molecule has 0 atom stereocenters. The fourth-order valence-electron chi connectivity index (χ4n) is 2.67. The molecule has 0 radical (unpaired) electrons. The van der Waals surface area contributed by atoms with Crippen molar-refractivity contribution in [2.45, 2.75) is 13.8 Å². The van der Waals surface area contributed by atoms with Crippen molar-refractivity contribution in [1.82, 2.24) is 4.90 Å². The van der Waals surface area contributed by atoms with Crippen LogP contribution < -0.4 is 0 Å². The van der Waals surface area contributed by atoms with E-state index in [2.05, 4.69) is 0 Å². The topological polar surface area (TPSA) is 97.6 Å². The minimum absolute atomic E-state index is 0.0415.